The fourth-order valence-electron chi connectivity index (χ4n) is 2.24. The molecule has 0 aromatic carbocycles. The molecule has 1 saturated carbocycles. The van der Waals surface area contributed by atoms with E-state index in [1.807, 2.05) is 0 Å². The minimum absolute atomic E-state index is 0. The minimum atomic E-state index is -1.19. The number of β-amino-alcohol motifs (C(OH)–C–C–N with tert-alkyl or cyclic N) is 1. The summed E-state index contributed by atoms with van der Waals surface area (Å²) in [6.45, 7) is 3.91. The summed E-state index contributed by atoms with van der Waals surface area (Å²) in [4.78, 5) is 23.0. The normalized spacial score (nSPS) is 37.5. The van der Waals surface area contributed by atoms with Crippen molar-refractivity contribution in [3.8, 4) is 0 Å². The highest BCUT2D eigenvalue weighted by molar-refractivity contribution is 5.92. The SMILES string of the molecule is C=CC1CC1(NC(=O)[C@@H]1C[C@@H](O)CN1)C(=O)O.Cl. The van der Waals surface area contributed by atoms with Gasteiger partial charge >= 0.3 is 5.97 Å². The number of halogens is 1. The van der Waals surface area contributed by atoms with Crippen molar-refractivity contribution in [2.24, 2.45) is 5.92 Å². The fourth-order valence-corrected chi connectivity index (χ4v) is 2.24. The Morgan fingerprint density at radius 3 is 2.56 bits per heavy atom. The maximum Gasteiger partial charge on any atom is 0.330 e. The van der Waals surface area contributed by atoms with E-state index >= 15 is 0 Å². The maximum absolute atomic E-state index is 11.8. The molecular weight excluding hydrogens is 260 g/mol. The predicted molar refractivity (Wildman–Crippen MR) is 66.5 cm³/mol. The van der Waals surface area contributed by atoms with Crippen LogP contribution in [0.4, 0.5) is 0 Å². The average Bonchev–Trinajstić information content (AvgIpc) is 2.82. The number of aliphatic carboxylic acids is 1. The van der Waals surface area contributed by atoms with Gasteiger partial charge in [0.15, 0.2) is 0 Å². The highest BCUT2D eigenvalue weighted by atomic mass is 35.5. The van der Waals surface area contributed by atoms with E-state index in [1.54, 1.807) is 6.08 Å². The lowest BCUT2D eigenvalue weighted by atomic mass is 10.1. The highest BCUT2D eigenvalue weighted by Crippen LogP contribution is 2.44. The Labute approximate surface area is 111 Å². The summed E-state index contributed by atoms with van der Waals surface area (Å²) in [5.74, 6) is -1.61. The summed E-state index contributed by atoms with van der Waals surface area (Å²) in [5, 5.41) is 23.8. The number of amides is 1. The zero-order valence-corrected chi connectivity index (χ0v) is 10.6. The number of nitrogens with one attached hydrogen (secondary N) is 2. The van der Waals surface area contributed by atoms with Gasteiger partial charge in [0.05, 0.1) is 12.1 Å². The molecule has 1 aliphatic heterocycles. The Morgan fingerprint density at radius 2 is 2.17 bits per heavy atom. The van der Waals surface area contributed by atoms with Gasteiger partial charge in [0.25, 0.3) is 0 Å². The molecule has 2 aliphatic rings. The van der Waals surface area contributed by atoms with E-state index in [0.29, 0.717) is 19.4 Å². The lowest BCUT2D eigenvalue weighted by Crippen LogP contribution is -2.51. The fraction of sp³-hybridized carbons (Fsp3) is 0.636. The van der Waals surface area contributed by atoms with Gasteiger partial charge in [-0.1, -0.05) is 6.08 Å². The second kappa shape index (κ2) is 5.26. The van der Waals surface area contributed by atoms with E-state index in [-0.39, 0.29) is 24.2 Å². The summed E-state index contributed by atoms with van der Waals surface area (Å²) >= 11 is 0. The zero-order valence-electron chi connectivity index (χ0n) is 9.76. The van der Waals surface area contributed by atoms with Gasteiger partial charge in [-0.05, 0) is 12.8 Å². The quantitative estimate of drug-likeness (QED) is 0.508. The second-order valence-electron chi connectivity index (χ2n) is 4.66. The third-order valence-electron chi connectivity index (χ3n) is 3.45. The number of carboxylic acids is 1. The molecule has 4 N–H and O–H groups in total. The molecule has 1 heterocycles. The maximum atomic E-state index is 11.8. The zero-order chi connectivity index (χ0) is 12.6. The lowest BCUT2D eigenvalue weighted by molar-refractivity contribution is -0.143. The van der Waals surface area contributed by atoms with E-state index < -0.39 is 23.7 Å². The van der Waals surface area contributed by atoms with Gasteiger partial charge in [0, 0.05) is 12.5 Å². The Morgan fingerprint density at radius 1 is 1.50 bits per heavy atom. The van der Waals surface area contributed by atoms with Crippen LogP contribution in [0, 0.1) is 5.92 Å². The summed E-state index contributed by atoms with van der Waals surface area (Å²) < 4.78 is 0. The molecule has 2 fully saturated rings. The summed E-state index contributed by atoms with van der Waals surface area (Å²) in [6.07, 6.45) is 1.71. The van der Waals surface area contributed by atoms with Crippen molar-refractivity contribution in [2.45, 2.75) is 30.5 Å². The van der Waals surface area contributed by atoms with E-state index in [4.69, 9.17) is 5.11 Å². The number of hydrogen-bond donors (Lipinski definition) is 4. The molecule has 1 saturated heterocycles. The molecule has 1 amide bonds. The Kier molecular flexibility index (Phi) is 4.37. The summed E-state index contributed by atoms with van der Waals surface area (Å²) in [6, 6.07) is -0.507. The number of rotatable bonds is 4. The van der Waals surface area contributed by atoms with Crippen LogP contribution in [0.2, 0.25) is 0 Å². The van der Waals surface area contributed by atoms with Gasteiger partial charge in [-0.15, -0.1) is 19.0 Å². The Hall–Kier alpha value is -1.11. The summed E-state index contributed by atoms with van der Waals surface area (Å²) in [5.41, 5.74) is -1.19. The van der Waals surface area contributed by atoms with Crippen molar-refractivity contribution >= 4 is 24.3 Å². The molecule has 4 atom stereocenters. The first kappa shape index (κ1) is 14.9. The lowest BCUT2D eigenvalue weighted by Gasteiger charge is -2.17. The van der Waals surface area contributed by atoms with Crippen molar-refractivity contribution in [1.29, 1.82) is 0 Å². The van der Waals surface area contributed by atoms with Crippen LogP contribution in [0.15, 0.2) is 12.7 Å². The molecule has 0 aromatic heterocycles. The molecule has 6 nitrogen and oxygen atoms in total. The van der Waals surface area contributed by atoms with Crippen molar-refractivity contribution in [3.63, 3.8) is 0 Å². The first-order valence-electron chi connectivity index (χ1n) is 5.59. The van der Waals surface area contributed by atoms with Crippen LogP contribution in [0.1, 0.15) is 12.8 Å². The van der Waals surface area contributed by atoms with Crippen LogP contribution in [0.3, 0.4) is 0 Å². The molecule has 2 unspecified atom stereocenters. The Balaban J connectivity index is 0.00000162. The van der Waals surface area contributed by atoms with Gasteiger partial charge in [0.2, 0.25) is 5.91 Å². The monoisotopic (exact) mass is 276 g/mol. The topological polar surface area (TPSA) is 98.7 Å². The molecule has 7 heteroatoms. The number of carbonyl (C=O) groups is 2. The molecule has 102 valence electrons. The van der Waals surface area contributed by atoms with Crippen molar-refractivity contribution in [2.75, 3.05) is 6.54 Å². The van der Waals surface area contributed by atoms with Crippen molar-refractivity contribution < 1.29 is 19.8 Å². The number of aliphatic hydroxyl groups excluding tert-OH is 1. The van der Waals surface area contributed by atoms with Crippen LogP contribution in [-0.2, 0) is 9.59 Å². The van der Waals surface area contributed by atoms with Gasteiger partial charge in [0.1, 0.15) is 5.54 Å². The average molecular weight is 277 g/mol. The number of hydrogen-bond acceptors (Lipinski definition) is 4. The van der Waals surface area contributed by atoms with Crippen LogP contribution >= 0.6 is 12.4 Å². The van der Waals surface area contributed by atoms with E-state index in [0.717, 1.165) is 0 Å². The molecule has 0 radical (unpaired) electrons. The molecule has 0 bridgehead atoms. The Bertz CT molecular complexity index is 376. The van der Waals surface area contributed by atoms with E-state index in [1.165, 1.54) is 0 Å². The molecular formula is C11H17ClN2O4. The first-order chi connectivity index (χ1) is 7.99. The second-order valence-corrected chi connectivity index (χ2v) is 4.66. The van der Waals surface area contributed by atoms with Gasteiger partial charge in [-0.25, -0.2) is 4.79 Å². The third-order valence-corrected chi connectivity index (χ3v) is 3.45. The van der Waals surface area contributed by atoms with Gasteiger partial charge in [-0.2, -0.15) is 0 Å². The number of aliphatic hydroxyl groups is 1. The number of carbonyl (C=O) groups excluding carboxylic acids is 1. The van der Waals surface area contributed by atoms with E-state index in [9.17, 15) is 14.7 Å². The largest absolute Gasteiger partial charge is 0.479 e. The van der Waals surface area contributed by atoms with Gasteiger partial charge in [-0.3, -0.25) is 4.79 Å². The molecule has 1 aliphatic carbocycles. The van der Waals surface area contributed by atoms with Crippen molar-refractivity contribution in [1.82, 2.24) is 10.6 Å². The first-order valence-corrected chi connectivity index (χ1v) is 5.59. The standard InChI is InChI=1S/C11H16N2O4.ClH/c1-2-6-4-11(6,10(16)17)13-9(15)8-3-7(14)5-12-8;/h2,6-8,12,14H,1,3-5H2,(H,13,15)(H,16,17);1H/t6?,7-,8+,11?;/m1./s1. The minimum Gasteiger partial charge on any atom is -0.479 e. The number of carboxylic acid groups (broad SMARTS) is 1. The molecule has 0 spiro atoms. The molecule has 18 heavy (non-hydrogen) atoms. The van der Waals surface area contributed by atoms with Crippen LogP contribution in [0.25, 0.3) is 0 Å². The molecule has 0 aromatic rings. The summed E-state index contributed by atoms with van der Waals surface area (Å²) in [7, 11) is 0. The van der Waals surface area contributed by atoms with Crippen LogP contribution in [0.5, 0.6) is 0 Å². The smallest absolute Gasteiger partial charge is 0.330 e. The van der Waals surface area contributed by atoms with Crippen molar-refractivity contribution in [3.05, 3.63) is 12.7 Å². The highest BCUT2D eigenvalue weighted by Gasteiger charge is 2.60. The van der Waals surface area contributed by atoms with Crippen LogP contribution < -0.4 is 10.6 Å². The van der Waals surface area contributed by atoms with E-state index in [2.05, 4.69) is 17.2 Å². The van der Waals surface area contributed by atoms with Gasteiger partial charge < -0.3 is 20.8 Å². The third kappa shape index (κ3) is 2.50. The van der Waals surface area contributed by atoms with Crippen LogP contribution in [-0.4, -0.2) is 46.3 Å². The molecule has 2 rings (SSSR count). The predicted octanol–water partition coefficient (Wildman–Crippen LogP) is -0.723.